The fourth-order valence-corrected chi connectivity index (χ4v) is 5.53. The first-order chi connectivity index (χ1) is 17.3. The topological polar surface area (TPSA) is 79.1 Å². The zero-order valence-corrected chi connectivity index (χ0v) is 23.2. The van der Waals surface area contributed by atoms with Crippen molar-refractivity contribution >= 4 is 39.3 Å². The van der Waals surface area contributed by atoms with Crippen LogP contribution >= 0.6 is 27.3 Å². The molecule has 0 saturated heterocycles. The number of thiazole rings is 1. The first kappa shape index (κ1) is 25.9. The molecule has 36 heavy (non-hydrogen) atoms. The molecule has 0 fully saturated rings. The maximum absolute atomic E-state index is 13.8. The summed E-state index contributed by atoms with van der Waals surface area (Å²) in [6.07, 6.45) is 1.84. The number of carbonyl (C=O) groups is 1. The molecule has 0 unspecified atom stereocenters. The lowest BCUT2D eigenvalue weighted by atomic mass is 9.95. The normalized spacial score (nSPS) is 15.4. The molecule has 2 heterocycles. The van der Waals surface area contributed by atoms with Crippen LogP contribution in [-0.2, 0) is 9.53 Å². The summed E-state index contributed by atoms with van der Waals surface area (Å²) in [5.74, 6) is 0.590. The molecule has 0 saturated carbocycles. The summed E-state index contributed by atoms with van der Waals surface area (Å²) in [7, 11) is 1.57. The van der Waals surface area contributed by atoms with E-state index >= 15 is 0 Å². The van der Waals surface area contributed by atoms with Crippen LogP contribution in [0.4, 0.5) is 0 Å². The Hall–Kier alpha value is -3.17. The number of ether oxygens (including phenoxy) is 3. The third-order valence-electron chi connectivity index (χ3n) is 5.81. The Bertz CT molecular complexity index is 1540. The van der Waals surface area contributed by atoms with Crippen LogP contribution < -0.4 is 24.4 Å². The minimum absolute atomic E-state index is 0.210. The fourth-order valence-electron chi connectivity index (χ4n) is 4.09. The molecule has 2 aromatic carbocycles. The Kier molecular flexibility index (Phi) is 7.80. The molecule has 1 aromatic heterocycles. The maximum atomic E-state index is 13.8. The predicted octanol–water partition coefficient (Wildman–Crippen LogP) is 4.28. The van der Waals surface area contributed by atoms with Crippen molar-refractivity contribution in [1.29, 1.82) is 0 Å². The van der Waals surface area contributed by atoms with E-state index in [9.17, 15) is 9.59 Å². The quantitative estimate of drug-likeness (QED) is 0.396. The minimum atomic E-state index is -0.725. The van der Waals surface area contributed by atoms with Crippen molar-refractivity contribution < 1.29 is 19.0 Å². The third-order valence-corrected chi connectivity index (χ3v) is 7.65. The Labute approximate surface area is 221 Å². The zero-order valence-electron chi connectivity index (χ0n) is 20.8. The standard InChI is InChI=1S/C27H27BrN2O5S/c1-6-34-21-14-18(10-11-20(21)33-5)24-23(26(32)35-7-2)16(4)29-27-30(24)25(31)22(36-27)13-17-9-8-15(3)19(28)12-17/h8-14,24H,6-7H2,1-5H3/b22-13-/t24-/m0/s1. The number of halogens is 1. The van der Waals surface area contributed by atoms with Crippen molar-refractivity contribution in [2.45, 2.75) is 33.7 Å². The van der Waals surface area contributed by atoms with Gasteiger partial charge >= 0.3 is 5.97 Å². The van der Waals surface area contributed by atoms with Gasteiger partial charge in [0.1, 0.15) is 0 Å². The van der Waals surface area contributed by atoms with Crippen molar-refractivity contribution in [2.24, 2.45) is 4.99 Å². The summed E-state index contributed by atoms with van der Waals surface area (Å²) in [6, 6.07) is 10.6. The molecular formula is C27H27BrN2O5S. The molecule has 0 amide bonds. The van der Waals surface area contributed by atoms with Crippen LogP contribution in [0, 0.1) is 6.92 Å². The van der Waals surface area contributed by atoms with Crippen molar-refractivity contribution in [3.8, 4) is 11.5 Å². The molecular weight excluding hydrogens is 544 g/mol. The third kappa shape index (κ3) is 4.90. The Balaban J connectivity index is 1.96. The highest BCUT2D eigenvalue weighted by atomic mass is 79.9. The molecule has 1 aliphatic rings. The number of methoxy groups -OCH3 is 1. The monoisotopic (exact) mass is 570 g/mol. The number of rotatable bonds is 7. The second-order valence-corrected chi connectivity index (χ2v) is 10.0. The number of hydrogen-bond acceptors (Lipinski definition) is 7. The summed E-state index contributed by atoms with van der Waals surface area (Å²) < 4.78 is 19.6. The summed E-state index contributed by atoms with van der Waals surface area (Å²) in [4.78, 5) is 32.0. The van der Waals surface area contributed by atoms with Crippen molar-refractivity contribution in [2.75, 3.05) is 20.3 Å². The summed E-state index contributed by atoms with van der Waals surface area (Å²) in [5, 5.41) is 0. The molecule has 0 bridgehead atoms. The van der Waals surface area contributed by atoms with Gasteiger partial charge in [0, 0.05) is 4.47 Å². The first-order valence-corrected chi connectivity index (χ1v) is 13.2. The van der Waals surface area contributed by atoms with Crippen LogP contribution in [0.3, 0.4) is 0 Å². The molecule has 4 rings (SSSR count). The molecule has 1 aliphatic heterocycles. The molecule has 1 atom stereocenters. The summed E-state index contributed by atoms with van der Waals surface area (Å²) >= 11 is 4.84. The highest BCUT2D eigenvalue weighted by Gasteiger charge is 2.34. The zero-order chi connectivity index (χ0) is 26.0. The van der Waals surface area contributed by atoms with Gasteiger partial charge < -0.3 is 14.2 Å². The fraction of sp³-hybridized carbons (Fsp3) is 0.296. The van der Waals surface area contributed by atoms with E-state index in [2.05, 4.69) is 20.9 Å². The largest absolute Gasteiger partial charge is 0.493 e. The van der Waals surface area contributed by atoms with E-state index in [1.54, 1.807) is 37.7 Å². The average molecular weight is 571 g/mol. The van der Waals surface area contributed by atoms with Gasteiger partial charge in [-0.3, -0.25) is 9.36 Å². The van der Waals surface area contributed by atoms with Gasteiger partial charge in [0.05, 0.1) is 42.2 Å². The number of esters is 1. The number of allylic oxidation sites excluding steroid dienone is 1. The van der Waals surface area contributed by atoms with Crippen LogP contribution in [-0.4, -0.2) is 30.9 Å². The number of aromatic nitrogens is 1. The molecule has 9 heteroatoms. The van der Waals surface area contributed by atoms with E-state index < -0.39 is 12.0 Å². The number of carbonyl (C=O) groups excluding carboxylic acids is 1. The summed E-state index contributed by atoms with van der Waals surface area (Å²) in [5.41, 5.74) is 3.29. The predicted molar refractivity (Wildman–Crippen MR) is 143 cm³/mol. The molecule has 7 nitrogen and oxygen atoms in total. The van der Waals surface area contributed by atoms with Crippen molar-refractivity contribution in [3.63, 3.8) is 0 Å². The van der Waals surface area contributed by atoms with Gasteiger partial charge in [-0.05, 0) is 68.7 Å². The van der Waals surface area contributed by atoms with E-state index in [-0.39, 0.29) is 12.2 Å². The van der Waals surface area contributed by atoms with Gasteiger partial charge in [-0.2, -0.15) is 0 Å². The van der Waals surface area contributed by atoms with Gasteiger partial charge in [0.2, 0.25) is 0 Å². The van der Waals surface area contributed by atoms with E-state index in [0.29, 0.717) is 44.3 Å². The number of fused-ring (bicyclic) bond motifs is 1. The molecule has 0 spiro atoms. The van der Waals surface area contributed by atoms with Gasteiger partial charge in [-0.25, -0.2) is 9.79 Å². The summed E-state index contributed by atoms with van der Waals surface area (Å²) in [6.45, 7) is 8.05. The molecule has 0 N–H and O–H groups in total. The highest BCUT2D eigenvalue weighted by molar-refractivity contribution is 9.10. The number of benzene rings is 2. The van der Waals surface area contributed by atoms with Crippen LogP contribution in [0.5, 0.6) is 11.5 Å². The minimum Gasteiger partial charge on any atom is -0.493 e. The van der Waals surface area contributed by atoms with Crippen molar-refractivity contribution in [3.05, 3.63) is 88.5 Å². The lowest BCUT2D eigenvalue weighted by Crippen LogP contribution is -2.40. The first-order valence-electron chi connectivity index (χ1n) is 11.6. The maximum Gasteiger partial charge on any atom is 0.338 e. The van der Waals surface area contributed by atoms with Crippen molar-refractivity contribution in [1.82, 2.24) is 4.57 Å². The van der Waals surface area contributed by atoms with Gasteiger partial charge in [0.15, 0.2) is 16.3 Å². The Morgan fingerprint density at radius 3 is 2.58 bits per heavy atom. The van der Waals surface area contributed by atoms with E-state index in [4.69, 9.17) is 14.2 Å². The van der Waals surface area contributed by atoms with Crippen LogP contribution in [0.15, 0.2) is 61.9 Å². The van der Waals surface area contributed by atoms with Crippen LogP contribution in [0.2, 0.25) is 0 Å². The lowest BCUT2D eigenvalue weighted by Gasteiger charge is -2.25. The average Bonchev–Trinajstić information content (AvgIpc) is 3.15. The van der Waals surface area contributed by atoms with Gasteiger partial charge in [-0.15, -0.1) is 0 Å². The lowest BCUT2D eigenvalue weighted by molar-refractivity contribution is -0.139. The molecule has 0 radical (unpaired) electrons. The smallest absolute Gasteiger partial charge is 0.338 e. The van der Waals surface area contributed by atoms with E-state index in [0.717, 1.165) is 15.6 Å². The molecule has 188 valence electrons. The Morgan fingerprint density at radius 1 is 1.14 bits per heavy atom. The van der Waals surface area contributed by atoms with Crippen LogP contribution in [0.1, 0.15) is 43.5 Å². The van der Waals surface area contributed by atoms with E-state index in [1.807, 2.05) is 44.2 Å². The Morgan fingerprint density at radius 2 is 1.92 bits per heavy atom. The number of aryl methyl sites for hydroxylation is 1. The molecule has 0 aliphatic carbocycles. The highest BCUT2D eigenvalue weighted by Crippen LogP contribution is 2.36. The number of nitrogens with zero attached hydrogens (tertiary/aromatic N) is 2. The number of hydrogen-bond donors (Lipinski definition) is 0. The second-order valence-electron chi connectivity index (χ2n) is 8.15. The van der Waals surface area contributed by atoms with Gasteiger partial charge in [-0.1, -0.05) is 45.5 Å². The SMILES string of the molecule is CCOC(=O)C1=C(C)N=c2s/c(=C\c3ccc(C)c(Br)c3)c(=O)n2[C@H]1c1ccc(OC)c(OCC)c1. The van der Waals surface area contributed by atoms with E-state index in [1.165, 1.54) is 11.3 Å². The molecule has 3 aromatic rings. The second kappa shape index (κ2) is 10.8. The van der Waals surface area contributed by atoms with Gasteiger partial charge in [0.25, 0.3) is 5.56 Å². The van der Waals surface area contributed by atoms with Crippen LogP contribution in [0.25, 0.3) is 6.08 Å².